The maximum atomic E-state index is 13.6. The van der Waals surface area contributed by atoms with Crippen LogP contribution in [-0.2, 0) is 11.3 Å². The third-order valence-electron chi connectivity index (χ3n) is 6.49. The van der Waals surface area contributed by atoms with Gasteiger partial charge in [-0.3, -0.25) is 9.59 Å². The van der Waals surface area contributed by atoms with Gasteiger partial charge < -0.3 is 20.7 Å². The zero-order valence-electron chi connectivity index (χ0n) is 20.4. The molecular formula is C29H29ClN4O3. The van der Waals surface area contributed by atoms with Crippen LogP contribution >= 0.6 is 11.6 Å². The molecule has 0 heterocycles. The number of nitrogens with zero attached hydrogens (tertiary/aromatic N) is 2. The van der Waals surface area contributed by atoms with E-state index < -0.39 is 0 Å². The standard InChI is InChI=1S/C29H29ClN4O3/c30-25-15-14-23(33-28(35)19-37-24-6-2-1-3-7-24)16-22(25)18-34(27-9-5-4-8-26(27)32)29(36)21-12-10-20(17-31)11-13-21/h1-3,6-7,10-16,26-27H,4-5,8-9,18-19,32H2,(H,33,35). The van der Waals surface area contributed by atoms with Crippen molar-refractivity contribution >= 4 is 29.1 Å². The predicted octanol–water partition coefficient (Wildman–Crippen LogP) is 5.14. The topological polar surface area (TPSA) is 108 Å². The average molecular weight is 517 g/mol. The van der Waals surface area contributed by atoms with Crippen molar-refractivity contribution in [3.63, 3.8) is 0 Å². The van der Waals surface area contributed by atoms with E-state index in [0.29, 0.717) is 33.1 Å². The Morgan fingerprint density at radius 3 is 2.49 bits per heavy atom. The van der Waals surface area contributed by atoms with E-state index in [2.05, 4.69) is 11.4 Å². The number of carbonyl (C=O) groups is 2. The minimum Gasteiger partial charge on any atom is -0.484 e. The number of ether oxygens (including phenoxy) is 1. The summed E-state index contributed by atoms with van der Waals surface area (Å²) in [6.07, 6.45) is 3.66. The molecule has 0 aliphatic heterocycles. The highest BCUT2D eigenvalue weighted by Crippen LogP contribution is 2.29. The summed E-state index contributed by atoms with van der Waals surface area (Å²) in [5.74, 6) is 0.126. The molecule has 0 aromatic heterocycles. The van der Waals surface area contributed by atoms with Gasteiger partial charge in [0.15, 0.2) is 6.61 Å². The van der Waals surface area contributed by atoms with Gasteiger partial charge in [0.2, 0.25) is 0 Å². The number of hydrogen-bond acceptors (Lipinski definition) is 5. The Hall–Kier alpha value is -3.86. The van der Waals surface area contributed by atoms with Crippen molar-refractivity contribution in [3.8, 4) is 11.8 Å². The summed E-state index contributed by atoms with van der Waals surface area (Å²) < 4.78 is 5.52. The highest BCUT2D eigenvalue weighted by Gasteiger charge is 2.32. The quantitative estimate of drug-likeness (QED) is 0.431. The van der Waals surface area contributed by atoms with Crippen LogP contribution in [0.1, 0.15) is 47.2 Å². The second kappa shape index (κ2) is 12.4. The van der Waals surface area contributed by atoms with Crippen molar-refractivity contribution in [2.75, 3.05) is 11.9 Å². The third kappa shape index (κ3) is 6.88. The average Bonchev–Trinajstić information content (AvgIpc) is 2.93. The monoisotopic (exact) mass is 516 g/mol. The lowest BCUT2D eigenvalue weighted by atomic mass is 9.89. The molecule has 1 aliphatic rings. The molecule has 37 heavy (non-hydrogen) atoms. The molecule has 2 amide bonds. The molecule has 1 aliphatic carbocycles. The number of hydrogen-bond donors (Lipinski definition) is 2. The molecule has 1 fully saturated rings. The summed E-state index contributed by atoms with van der Waals surface area (Å²) in [5.41, 5.74) is 8.69. The highest BCUT2D eigenvalue weighted by atomic mass is 35.5. The van der Waals surface area contributed by atoms with Gasteiger partial charge in [0, 0.05) is 34.9 Å². The Morgan fingerprint density at radius 1 is 1.05 bits per heavy atom. The number of amides is 2. The molecule has 2 unspecified atom stereocenters. The maximum absolute atomic E-state index is 13.6. The van der Waals surface area contributed by atoms with Gasteiger partial charge in [0.05, 0.1) is 11.6 Å². The molecule has 7 nitrogen and oxygen atoms in total. The molecule has 1 saturated carbocycles. The Kier molecular flexibility index (Phi) is 8.78. The second-order valence-electron chi connectivity index (χ2n) is 9.09. The number of carbonyl (C=O) groups excluding carboxylic acids is 2. The van der Waals surface area contributed by atoms with E-state index in [1.54, 1.807) is 59.5 Å². The molecule has 3 N–H and O–H groups in total. The molecule has 3 aromatic rings. The summed E-state index contributed by atoms with van der Waals surface area (Å²) in [6, 6.07) is 22.7. The highest BCUT2D eigenvalue weighted by molar-refractivity contribution is 6.31. The van der Waals surface area contributed by atoms with Crippen molar-refractivity contribution in [1.29, 1.82) is 5.26 Å². The number of halogens is 1. The first kappa shape index (κ1) is 26.2. The summed E-state index contributed by atoms with van der Waals surface area (Å²) in [4.78, 5) is 27.9. The Bertz CT molecular complexity index is 1270. The number of nitriles is 1. The van der Waals surface area contributed by atoms with Crippen molar-refractivity contribution < 1.29 is 14.3 Å². The van der Waals surface area contributed by atoms with Crippen LogP contribution in [0.4, 0.5) is 5.69 Å². The van der Waals surface area contributed by atoms with Gasteiger partial charge in [-0.25, -0.2) is 0 Å². The van der Waals surface area contributed by atoms with Gasteiger partial charge in [-0.2, -0.15) is 5.26 Å². The van der Waals surface area contributed by atoms with Gasteiger partial charge in [-0.05, 0) is 73.0 Å². The number of nitrogens with two attached hydrogens (primary N) is 1. The lowest BCUT2D eigenvalue weighted by molar-refractivity contribution is -0.118. The Morgan fingerprint density at radius 2 is 1.78 bits per heavy atom. The first-order valence-corrected chi connectivity index (χ1v) is 12.6. The second-order valence-corrected chi connectivity index (χ2v) is 9.50. The molecule has 8 heteroatoms. The van der Waals surface area contributed by atoms with E-state index in [9.17, 15) is 9.59 Å². The zero-order chi connectivity index (χ0) is 26.2. The van der Waals surface area contributed by atoms with Crippen LogP contribution in [0.25, 0.3) is 0 Å². The summed E-state index contributed by atoms with van der Waals surface area (Å²) in [7, 11) is 0. The van der Waals surface area contributed by atoms with Crippen LogP contribution in [0, 0.1) is 11.3 Å². The summed E-state index contributed by atoms with van der Waals surface area (Å²) >= 11 is 6.54. The largest absolute Gasteiger partial charge is 0.484 e. The molecule has 190 valence electrons. The first-order valence-electron chi connectivity index (χ1n) is 12.3. The van der Waals surface area contributed by atoms with E-state index in [4.69, 9.17) is 27.3 Å². The van der Waals surface area contributed by atoms with Crippen LogP contribution < -0.4 is 15.8 Å². The molecule has 0 spiro atoms. The van der Waals surface area contributed by atoms with E-state index >= 15 is 0 Å². The third-order valence-corrected chi connectivity index (χ3v) is 6.86. The van der Waals surface area contributed by atoms with Crippen molar-refractivity contribution in [1.82, 2.24) is 4.90 Å². The van der Waals surface area contributed by atoms with E-state index in [-0.39, 0.29) is 37.0 Å². The zero-order valence-corrected chi connectivity index (χ0v) is 21.2. The van der Waals surface area contributed by atoms with Crippen molar-refractivity contribution in [2.45, 2.75) is 44.3 Å². The fraction of sp³-hybridized carbons (Fsp3) is 0.276. The van der Waals surface area contributed by atoms with E-state index in [1.165, 1.54) is 0 Å². The molecule has 3 aromatic carbocycles. The lowest BCUT2D eigenvalue weighted by Crippen LogP contribution is -2.51. The van der Waals surface area contributed by atoms with Crippen LogP contribution in [-0.4, -0.2) is 35.4 Å². The van der Waals surface area contributed by atoms with E-state index in [0.717, 1.165) is 25.7 Å². The number of rotatable bonds is 8. The van der Waals surface area contributed by atoms with E-state index in [1.807, 2.05) is 18.2 Å². The van der Waals surface area contributed by atoms with Gasteiger partial charge >= 0.3 is 0 Å². The van der Waals surface area contributed by atoms with Crippen LogP contribution in [0.5, 0.6) is 5.75 Å². The molecule has 0 radical (unpaired) electrons. The molecule has 0 bridgehead atoms. The van der Waals surface area contributed by atoms with Crippen molar-refractivity contribution in [3.05, 3.63) is 94.5 Å². The normalized spacial score (nSPS) is 16.9. The van der Waals surface area contributed by atoms with Gasteiger partial charge in [0.25, 0.3) is 11.8 Å². The van der Waals surface area contributed by atoms with Gasteiger partial charge in [-0.1, -0.05) is 42.6 Å². The maximum Gasteiger partial charge on any atom is 0.262 e. The van der Waals surface area contributed by atoms with Crippen LogP contribution in [0.15, 0.2) is 72.8 Å². The van der Waals surface area contributed by atoms with Crippen molar-refractivity contribution in [2.24, 2.45) is 5.73 Å². The lowest BCUT2D eigenvalue weighted by Gasteiger charge is -2.38. The molecule has 0 saturated heterocycles. The number of anilines is 1. The summed E-state index contributed by atoms with van der Waals surface area (Å²) in [6.45, 7) is 0.0997. The number of benzene rings is 3. The molecular weight excluding hydrogens is 488 g/mol. The molecule has 4 rings (SSSR count). The fourth-order valence-corrected chi connectivity index (χ4v) is 4.72. The van der Waals surface area contributed by atoms with Gasteiger partial charge in [0.1, 0.15) is 5.75 Å². The minimum absolute atomic E-state index is 0.137. The molecule has 2 atom stereocenters. The smallest absolute Gasteiger partial charge is 0.262 e. The summed E-state index contributed by atoms with van der Waals surface area (Å²) in [5, 5.41) is 12.4. The minimum atomic E-state index is -0.308. The fourth-order valence-electron chi connectivity index (χ4n) is 4.54. The number of para-hydroxylation sites is 1. The predicted molar refractivity (Wildman–Crippen MR) is 143 cm³/mol. The van der Waals surface area contributed by atoms with Crippen LogP contribution in [0.3, 0.4) is 0 Å². The van der Waals surface area contributed by atoms with Crippen LogP contribution in [0.2, 0.25) is 5.02 Å². The first-order chi connectivity index (χ1) is 17.9. The Labute approximate surface area is 221 Å². The Balaban J connectivity index is 1.52. The SMILES string of the molecule is N#Cc1ccc(C(=O)N(Cc2cc(NC(=O)COc3ccccc3)ccc2Cl)C2CCCCC2N)cc1. The van der Waals surface area contributed by atoms with Gasteiger partial charge in [-0.15, -0.1) is 0 Å². The number of nitrogens with one attached hydrogen (secondary N) is 1.